The molecule has 1 atom stereocenters. The van der Waals surface area contributed by atoms with E-state index in [4.69, 9.17) is 4.74 Å². The fourth-order valence-electron chi connectivity index (χ4n) is 4.29. The van der Waals surface area contributed by atoms with E-state index in [1.54, 1.807) is 12.4 Å². The van der Waals surface area contributed by atoms with Crippen molar-refractivity contribution >= 4 is 15.7 Å². The molecule has 0 saturated carbocycles. The fourth-order valence-corrected chi connectivity index (χ4v) is 5.96. The standard InChI is InChI=1S/C22H26N2O4S/c25-21(24-20-6-13-29(26,27)16-20)22(7-11-28-12-8-22)15-17-2-1-3-19(14-17)18-4-9-23-10-5-18/h1-5,9-10,14,20H,6-8,11-13,15-16H2,(H,24,25)/t20-/m1/s1. The van der Waals surface area contributed by atoms with Crippen LogP contribution in [0.2, 0.25) is 0 Å². The number of hydrogen-bond acceptors (Lipinski definition) is 5. The zero-order valence-corrected chi connectivity index (χ0v) is 17.2. The average molecular weight is 415 g/mol. The second kappa shape index (κ2) is 8.24. The van der Waals surface area contributed by atoms with Crippen LogP contribution >= 0.6 is 0 Å². The summed E-state index contributed by atoms with van der Waals surface area (Å²) in [5, 5.41) is 3.03. The predicted molar refractivity (Wildman–Crippen MR) is 111 cm³/mol. The number of hydrogen-bond donors (Lipinski definition) is 1. The van der Waals surface area contributed by atoms with Crippen LogP contribution in [0, 0.1) is 5.41 Å². The van der Waals surface area contributed by atoms with Crippen LogP contribution in [0.15, 0.2) is 48.8 Å². The Labute approximate surface area is 171 Å². The van der Waals surface area contributed by atoms with Gasteiger partial charge in [-0.3, -0.25) is 9.78 Å². The number of pyridine rings is 1. The van der Waals surface area contributed by atoms with Gasteiger partial charge in [0, 0.05) is 31.6 Å². The highest BCUT2D eigenvalue weighted by atomic mass is 32.2. The van der Waals surface area contributed by atoms with Gasteiger partial charge in [-0.05, 0) is 54.5 Å². The Morgan fingerprint density at radius 3 is 2.59 bits per heavy atom. The molecule has 1 aromatic carbocycles. The molecule has 2 aliphatic heterocycles. The number of nitrogens with zero attached hydrogens (tertiary/aromatic N) is 1. The Hall–Kier alpha value is -2.25. The number of ether oxygens (including phenoxy) is 1. The average Bonchev–Trinajstić information content (AvgIpc) is 3.08. The van der Waals surface area contributed by atoms with E-state index in [1.807, 2.05) is 18.2 Å². The molecule has 2 saturated heterocycles. The molecule has 0 spiro atoms. The van der Waals surface area contributed by atoms with Crippen molar-refractivity contribution in [3.63, 3.8) is 0 Å². The van der Waals surface area contributed by atoms with Crippen molar-refractivity contribution in [1.29, 1.82) is 0 Å². The van der Waals surface area contributed by atoms with E-state index in [2.05, 4.69) is 28.5 Å². The molecular formula is C22H26N2O4S. The Bertz CT molecular complexity index is 969. The highest BCUT2D eigenvalue weighted by Gasteiger charge is 2.42. The first-order valence-electron chi connectivity index (χ1n) is 10.0. The third-order valence-electron chi connectivity index (χ3n) is 5.98. The normalized spacial score (nSPS) is 22.8. The van der Waals surface area contributed by atoms with Gasteiger partial charge in [-0.15, -0.1) is 0 Å². The van der Waals surface area contributed by atoms with Crippen molar-refractivity contribution in [1.82, 2.24) is 10.3 Å². The van der Waals surface area contributed by atoms with E-state index >= 15 is 0 Å². The van der Waals surface area contributed by atoms with Gasteiger partial charge in [0.2, 0.25) is 5.91 Å². The third-order valence-corrected chi connectivity index (χ3v) is 7.75. The zero-order chi connectivity index (χ0) is 20.3. The number of aromatic nitrogens is 1. The summed E-state index contributed by atoms with van der Waals surface area (Å²) in [6, 6.07) is 11.9. The van der Waals surface area contributed by atoms with Crippen molar-refractivity contribution in [2.45, 2.75) is 31.7 Å². The summed E-state index contributed by atoms with van der Waals surface area (Å²) in [7, 11) is -3.03. The second-order valence-electron chi connectivity index (χ2n) is 8.08. The Morgan fingerprint density at radius 2 is 1.90 bits per heavy atom. The summed E-state index contributed by atoms with van der Waals surface area (Å²) >= 11 is 0. The van der Waals surface area contributed by atoms with Gasteiger partial charge in [-0.25, -0.2) is 8.42 Å². The summed E-state index contributed by atoms with van der Waals surface area (Å²) < 4.78 is 29.1. The first-order chi connectivity index (χ1) is 14.0. The van der Waals surface area contributed by atoms with Crippen LogP contribution < -0.4 is 5.32 Å². The summed E-state index contributed by atoms with van der Waals surface area (Å²) in [6.45, 7) is 1.08. The van der Waals surface area contributed by atoms with Gasteiger partial charge in [0.15, 0.2) is 9.84 Å². The summed E-state index contributed by atoms with van der Waals surface area (Å²) in [6.07, 6.45) is 5.92. The van der Waals surface area contributed by atoms with Crippen LogP contribution in [0.3, 0.4) is 0 Å². The molecule has 154 valence electrons. The maximum Gasteiger partial charge on any atom is 0.226 e. The van der Waals surface area contributed by atoms with E-state index < -0.39 is 15.3 Å². The van der Waals surface area contributed by atoms with Crippen molar-refractivity contribution in [2.24, 2.45) is 5.41 Å². The molecule has 2 fully saturated rings. The van der Waals surface area contributed by atoms with Crippen molar-refractivity contribution in [3.8, 4) is 11.1 Å². The lowest BCUT2D eigenvalue weighted by Crippen LogP contribution is -2.49. The van der Waals surface area contributed by atoms with E-state index in [1.165, 1.54) is 0 Å². The molecule has 0 bridgehead atoms. The van der Waals surface area contributed by atoms with Gasteiger partial charge >= 0.3 is 0 Å². The van der Waals surface area contributed by atoms with E-state index in [0.29, 0.717) is 38.9 Å². The SMILES string of the molecule is O=C(N[C@@H]1CCS(=O)(=O)C1)C1(Cc2cccc(-c3ccncc3)c2)CCOCC1. The number of rotatable bonds is 5. The quantitative estimate of drug-likeness (QED) is 0.812. The molecule has 29 heavy (non-hydrogen) atoms. The molecule has 2 aromatic rings. The Balaban J connectivity index is 1.55. The second-order valence-corrected chi connectivity index (χ2v) is 10.3. The molecule has 7 heteroatoms. The minimum Gasteiger partial charge on any atom is -0.381 e. The molecule has 1 amide bonds. The van der Waals surface area contributed by atoms with E-state index in [9.17, 15) is 13.2 Å². The molecule has 0 unspecified atom stereocenters. The molecule has 6 nitrogen and oxygen atoms in total. The zero-order valence-electron chi connectivity index (χ0n) is 16.3. The molecule has 1 N–H and O–H groups in total. The Morgan fingerprint density at radius 1 is 1.14 bits per heavy atom. The summed E-state index contributed by atoms with van der Waals surface area (Å²) in [4.78, 5) is 17.3. The van der Waals surface area contributed by atoms with Gasteiger partial charge in [0.05, 0.1) is 16.9 Å². The van der Waals surface area contributed by atoms with Crippen molar-refractivity contribution in [3.05, 3.63) is 54.4 Å². The van der Waals surface area contributed by atoms with Crippen molar-refractivity contribution < 1.29 is 17.9 Å². The predicted octanol–water partition coefficient (Wildman–Crippen LogP) is 2.39. The van der Waals surface area contributed by atoms with E-state index in [0.717, 1.165) is 16.7 Å². The highest BCUT2D eigenvalue weighted by molar-refractivity contribution is 7.91. The molecule has 0 radical (unpaired) electrons. The number of amides is 1. The molecule has 0 aliphatic carbocycles. The highest BCUT2D eigenvalue weighted by Crippen LogP contribution is 2.36. The largest absolute Gasteiger partial charge is 0.381 e. The number of sulfone groups is 1. The maximum atomic E-state index is 13.3. The maximum absolute atomic E-state index is 13.3. The van der Waals surface area contributed by atoms with E-state index in [-0.39, 0.29) is 23.5 Å². The minimum atomic E-state index is -3.03. The van der Waals surface area contributed by atoms with Gasteiger partial charge < -0.3 is 10.1 Å². The number of carbonyl (C=O) groups excluding carboxylic acids is 1. The summed E-state index contributed by atoms with van der Waals surface area (Å²) in [5.41, 5.74) is 2.70. The lowest BCUT2D eigenvalue weighted by atomic mass is 9.74. The Kier molecular flexibility index (Phi) is 5.69. The first-order valence-corrected chi connectivity index (χ1v) is 11.9. The van der Waals surface area contributed by atoms with Crippen LogP contribution in [0.1, 0.15) is 24.8 Å². The third kappa shape index (κ3) is 4.67. The van der Waals surface area contributed by atoms with Gasteiger partial charge in [-0.1, -0.05) is 24.3 Å². The molecule has 3 heterocycles. The van der Waals surface area contributed by atoms with Crippen LogP contribution in [-0.2, 0) is 25.8 Å². The van der Waals surface area contributed by atoms with Gasteiger partial charge in [0.1, 0.15) is 0 Å². The number of nitrogens with one attached hydrogen (secondary N) is 1. The number of carbonyl (C=O) groups is 1. The van der Waals surface area contributed by atoms with Crippen LogP contribution in [-0.4, -0.2) is 50.1 Å². The van der Waals surface area contributed by atoms with Crippen LogP contribution in [0.4, 0.5) is 0 Å². The van der Waals surface area contributed by atoms with Crippen molar-refractivity contribution in [2.75, 3.05) is 24.7 Å². The number of benzene rings is 1. The first kappa shape index (κ1) is 20.0. The van der Waals surface area contributed by atoms with Gasteiger partial charge in [-0.2, -0.15) is 0 Å². The van der Waals surface area contributed by atoms with Gasteiger partial charge in [0.25, 0.3) is 0 Å². The topological polar surface area (TPSA) is 85.4 Å². The molecule has 2 aliphatic rings. The smallest absolute Gasteiger partial charge is 0.226 e. The minimum absolute atomic E-state index is 0.0442. The fraction of sp³-hybridized carbons (Fsp3) is 0.455. The molecule has 4 rings (SSSR count). The monoisotopic (exact) mass is 414 g/mol. The summed E-state index contributed by atoms with van der Waals surface area (Å²) in [5.74, 6) is 0.155. The van der Waals surface area contributed by atoms with Crippen LogP contribution in [0.5, 0.6) is 0 Å². The van der Waals surface area contributed by atoms with Crippen LogP contribution in [0.25, 0.3) is 11.1 Å². The molecule has 1 aromatic heterocycles. The lowest BCUT2D eigenvalue weighted by Gasteiger charge is -2.36. The molecular weight excluding hydrogens is 388 g/mol. The lowest BCUT2D eigenvalue weighted by molar-refractivity contribution is -0.137.